The van der Waals surface area contributed by atoms with E-state index in [1.165, 1.54) is 10.9 Å². The molecule has 0 unspecified atom stereocenters. The van der Waals surface area contributed by atoms with E-state index in [4.69, 9.17) is 16.7 Å². The molecular formula is C7H5ClN4NaO2. The number of rotatable bonds is 1. The number of fused-ring (bicyclic) bond motifs is 1. The summed E-state index contributed by atoms with van der Waals surface area (Å²) in [5, 5.41) is 12.6. The minimum atomic E-state index is -1.13. The van der Waals surface area contributed by atoms with Crippen molar-refractivity contribution in [2.24, 2.45) is 7.05 Å². The number of nitrogens with zero attached hydrogens (tertiary/aromatic N) is 4. The number of aromatic nitrogens is 4. The van der Waals surface area contributed by atoms with E-state index in [1.807, 2.05) is 0 Å². The molecule has 0 spiro atoms. The average molecular weight is 236 g/mol. The van der Waals surface area contributed by atoms with Gasteiger partial charge in [0.2, 0.25) is 5.28 Å². The van der Waals surface area contributed by atoms with E-state index in [1.54, 1.807) is 7.05 Å². The number of halogens is 1. The van der Waals surface area contributed by atoms with Crippen molar-refractivity contribution in [1.82, 2.24) is 19.7 Å². The molecule has 1 N–H and O–H groups in total. The van der Waals surface area contributed by atoms with Crippen LogP contribution in [0.3, 0.4) is 0 Å². The second kappa shape index (κ2) is 4.44. The van der Waals surface area contributed by atoms with Crippen molar-refractivity contribution < 1.29 is 9.90 Å². The Hall–Kier alpha value is -0.690. The van der Waals surface area contributed by atoms with Crippen LogP contribution in [0.15, 0.2) is 6.20 Å². The number of hydrogen-bond acceptors (Lipinski definition) is 4. The van der Waals surface area contributed by atoms with Gasteiger partial charge in [-0.3, -0.25) is 4.68 Å². The molecule has 2 heterocycles. The Morgan fingerprint density at radius 3 is 2.87 bits per heavy atom. The van der Waals surface area contributed by atoms with E-state index in [0.717, 1.165) is 0 Å². The monoisotopic (exact) mass is 235 g/mol. The minimum absolute atomic E-state index is 0. The molecule has 0 atom stereocenters. The molecule has 2 rings (SSSR count). The van der Waals surface area contributed by atoms with Crippen LogP contribution in [0.4, 0.5) is 0 Å². The number of aryl methyl sites for hydroxylation is 1. The Morgan fingerprint density at radius 1 is 1.60 bits per heavy atom. The van der Waals surface area contributed by atoms with Gasteiger partial charge in [0, 0.05) is 36.6 Å². The Morgan fingerprint density at radius 2 is 2.27 bits per heavy atom. The zero-order valence-electron chi connectivity index (χ0n) is 8.10. The number of aromatic carboxylic acids is 1. The summed E-state index contributed by atoms with van der Waals surface area (Å²) >= 11 is 5.55. The van der Waals surface area contributed by atoms with Crippen LogP contribution in [0.5, 0.6) is 0 Å². The number of carboxylic acids is 1. The quantitative estimate of drug-likeness (QED) is 0.569. The third kappa shape index (κ3) is 2.12. The van der Waals surface area contributed by atoms with Gasteiger partial charge in [-0.2, -0.15) is 5.10 Å². The molecule has 2 aromatic heterocycles. The van der Waals surface area contributed by atoms with Gasteiger partial charge in [0.25, 0.3) is 0 Å². The standard InChI is InChI=1S/C7H5ClN4O2.Na/c1-12-3-2-9-7(8)10-4(3)5(11-12)6(13)14;/h2H,1H3,(H,13,14);. The molecule has 0 saturated heterocycles. The van der Waals surface area contributed by atoms with Crippen LogP contribution < -0.4 is 0 Å². The van der Waals surface area contributed by atoms with Crippen LogP contribution in [-0.4, -0.2) is 60.4 Å². The Bertz CT molecular complexity index is 527. The van der Waals surface area contributed by atoms with Crippen LogP contribution in [0, 0.1) is 0 Å². The molecule has 2 aromatic rings. The fourth-order valence-corrected chi connectivity index (χ4v) is 1.29. The topological polar surface area (TPSA) is 80.9 Å². The van der Waals surface area contributed by atoms with Crippen LogP contribution >= 0.6 is 11.6 Å². The smallest absolute Gasteiger partial charge is 0.358 e. The first kappa shape index (κ1) is 12.4. The number of carboxylic acid groups (broad SMARTS) is 1. The third-order valence-electron chi connectivity index (χ3n) is 1.77. The van der Waals surface area contributed by atoms with Crippen molar-refractivity contribution >= 4 is 58.2 Å². The maximum atomic E-state index is 10.8. The average Bonchev–Trinajstić information content (AvgIpc) is 2.43. The van der Waals surface area contributed by atoms with Crippen molar-refractivity contribution in [3.05, 3.63) is 17.2 Å². The van der Waals surface area contributed by atoms with E-state index in [0.29, 0.717) is 5.52 Å². The van der Waals surface area contributed by atoms with E-state index < -0.39 is 5.97 Å². The Balaban J connectivity index is 0.00000112. The van der Waals surface area contributed by atoms with Gasteiger partial charge in [-0.15, -0.1) is 0 Å². The van der Waals surface area contributed by atoms with Crippen molar-refractivity contribution in [2.45, 2.75) is 0 Å². The SMILES string of the molecule is Cn1nc(C(=O)O)c2nc(Cl)ncc21.[Na]. The Kier molecular flexibility index (Phi) is 3.67. The second-order valence-corrected chi connectivity index (χ2v) is 2.99. The summed E-state index contributed by atoms with van der Waals surface area (Å²) in [6, 6.07) is 0. The van der Waals surface area contributed by atoms with E-state index >= 15 is 0 Å². The molecular weight excluding hydrogens is 231 g/mol. The zero-order valence-corrected chi connectivity index (χ0v) is 10.9. The predicted octanol–water partition coefficient (Wildman–Crippen LogP) is 0.334. The normalized spacial score (nSPS) is 10.0. The fraction of sp³-hybridized carbons (Fsp3) is 0.143. The van der Waals surface area contributed by atoms with Gasteiger partial charge in [-0.05, 0) is 11.6 Å². The Labute approximate surface area is 112 Å². The van der Waals surface area contributed by atoms with Crippen molar-refractivity contribution in [3.63, 3.8) is 0 Å². The summed E-state index contributed by atoms with van der Waals surface area (Å²) in [5.41, 5.74) is 0.665. The molecule has 73 valence electrons. The number of carbonyl (C=O) groups is 1. The molecule has 8 heteroatoms. The van der Waals surface area contributed by atoms with Crippen LogP contribution in [0.25, 0.3) is 11.0 Å². The molecule has 0 bridgehead atoms. The predicted molar refractivity (Wildman–Crippen MR) is 54.0 cm³/mol. The molecule has 0 aliphatic rings. The summed E-state index contributed by atoms with van der Waals surface area (Å²) in [6.45, 7) is 0. The molecule has 0 amide bonds. The van der Waals surface area contributed by atoms with E-state index in [2.05, 4.69) is 15.1 Å². The van der Waals surface area contributed by atoms with Crippen LogP contribution in [0.1, 0.15) is 10.5 Å². The van der Waals surface area contributed by atoms with Crippen LogP contribution in [-0.2, 0) is 7.05 Å². The van der Waals surface area contributed by atoms with Gasteiger partial charge in [-0.25, -0.2) is 14.8 Å². The molecule has 15 heavy (non-hydrogen) atoms. The first-order valence-electron chi connectivity index (χ1n) is 3.68. The minimum Gasteiger partial charge on any atom is -0.476 e. The maximum Gasteiger partial charge on any atom is 0.358 e. The third-order valence-corrected chi connectivity index (χ3v) is 1.95. The van der Waals surface area contributed by atoms with Crippen molar-refractivity contribution in [2.75, 3.05) is 0 Å². The van der Waals surface area contributed by atoms with E-state index in [-0.39, 0.29) is 46.1 Å². The summed E-state index contributed by atoms with van der Waals surface area (Å²) in [4.78, 5) is 18.3. The van der Waals surface area contributed by atoms with Gasteiger partial charge in [-0.1, -0.05) is 0 Å². The number of hydrogen-bond donors (Lipinski definition) is 1. The van der Waals surface area contributed by atoms with Crippen molar-refractivity contribution in [1.29, 1.82) is 0 Å². The summed E-state index contributed by atoms with van der Waals surface area (Å²) in [6.07, 6.45) is 1.43. The fourth-order valence-electron chi connectivity index (χ4n) is 1.16. The largest absolute Gasteiger partial charge is 0.476 e. The van der Waals surface area contributed by atoms with Gasteiger partial charge in [0.05, 0.1) is 6.20 Å². The summed E-state index contributed by atoms with van der Waals surface area (Å²) in [5.74, 6) is -1.13. The molecule has 1 radical (unpaired) electrons. The summed E-state index contributed by atoms with van der Waals surface area (Å²) in [7, 11) is 1.62. The molecule has 6 nitrogen and oxygen atoms in total. The molecule has 0 aromatic carbocycles. The van der Waals surface area contributed by atoms with Gasteiger partial charge in [0.15, 0.2) is 5.69 Å². The maximum absolute atomic E-state index is 10.8. The first-order valence-corrected chi connectivity index (χ1v) is 4.06. The van der Waals surface area contributed by atoms with Gasteiger partial charge >= 0.3 is 5.97 Å². The molecule has 0 fully saturated rings. The van der Waals surface area contributed by atoms with Crippen molar-refractivity contribution in [3.8, 4) is 0 Å². The van der Waals surface area contributed by atoms with Gasteiger partial charge < -0.3 is 5.11 Å². The second-order valence-electron chi connectivity index (χ2n) is 2.65. The van der Waals surface area contributed by atoms with E-state index in [9.17, 15) is 4.79 Å². The molecule has 0 saturated carbocycles. The van der Waals surface area contributed by atoms with Gasteiger partial charge in [0.1, 0.15) is 11.0 Å². The first-order chi connectivity index (χ1) is 6.59. The van der Waals surface area contributed by atoms with Crippen LogP contribution in [0.2, 0.25) is 5.28 Å². The molecule has 0 aliphatic heterocycles. The zero-order chi connectivity index (χ0) is 10.3. The summed E-state index contributed by atoms with van der Waals surface area (Å²) < 4.78 is 1.40. The molecule has 0 aliphatic carbocycles.